The van der Waals surface area contributed by atoms with Crippen LogP contribution in [0, 0.1) is 5.82 Å². The predicted octanol–water partition coefficient (Wildman–Crippen LogP) is 6.27. The smallest absolute Gasteiger partial charge is 0.350 e. The number of aromatic nitrogens is 3. The van der Waals surface area contributed by atoms with Gasteiger partial charge in [-0.3, -0.25) is 0 Å². The Morgan fingerprint density at radius 2 is 1.73 bits per heavy atom. The number of hydrogen-bond acceptors (Lipinski definition) is 7. The molecule has 2 fully saturated rings. The van der Waals surface area contributed by atoms with Crippen molar-refractivity contribution in [2.45, 2.75) is 38.7 Å². The number of benzene rings is 3. The van der Waals surface area contributed by atoms with E-state index in [1.165, 1.54) is 10.7 Å². The van der Waals surface area contributed by atoms with Crippen LogP contribution in [-0.4, -0.2) is 59.8 Å². The molecule has 0 bridgehead atoms. The van der Waals surface area contributed by atoms with Crippen LogP contribution >= 0.6 is 23.2 Å². The fraction of sp³-hybridized carbons (Fsp3) is 0.375. The van der Waals surface area contributed by atoms with E-state index < -0.39 is 6.29 Å². The second-order valence-corrected chi connectivity index (χ2v) is 11.8. The summed E-state index contributed by atoms with van der Waals surface area (Å²) in [6, 6.07) is 18.0. The van der Waals surface area contributed by atoms with Crippen LogP contribution in [0.15, 0.2) is 71.8 Å². The van der Waals surface area contributed by atoms with E-state index in [1.807, 2.05) is 43.0 Å². The van der Waals surface area contributed by atoms with Gasteiger partial charge in [0.1, 0.15) is 30.6 Å². The molecule has 3 aromatic carbocycles. The molecule has 232 valence electrons. The van der Waals surface area contributed by atoms with E-state index >= 15 is 4.39 Å². The van der Waals surface area contributed by atoms with Crippen LogP contribution in [0.5, 0.6) is 5.75 Å². The molecule has 4 aromatic rings. The number of rotatable bonds is 9. The fourth-order valence-electron chi connectivity index (χ4n) is 5.41. The van der Waals surface area contributed by atoms with Crippen molar-refractivity contribution in [3.63, 3.8) is 0 Å². The van der Waals surface area contributed by atoms with Crippen LogP contribution in [0.25, 0.3) is 5.69 Å². The molecule has 0 aliphatic carbocycles. The monoisotopic (exact) mass is 641 g/mol. The maximum absolute atomic E-state index is 15.2. The van der Waals surface area contributed by atoms with Gasteiger partial charge in [0, 0.05) is 48.5 Å². The van der Waals surface area contributed by atoms with Gasteiger partial charge < -0.3 is 24.0 Å². The number of anilines is 2. The maximum Gasteiger partial charge on any atom is 0.350 e. The average molecular weight is 643 g/mol. The molecule has 44 heavy (non-hydrogen) atoms. The first kappa shape index (κ1) is 30.5. The van der Waals surface area contributed by atoms with E-state index in [9.17, 15) is 4.79 Å². The third-order valence-corrected chi connectivity index (χ3v) is 8.70. The Morgan fingerprint density at radius 1 is 1.00 bits per heavy atom. The van der Waals surface area contributed by atoms with Crippen molar-refractivity contribution in [3.8, 4) is 11.4 Å². The molecule has 0 saturated carbocycles. The van der Waals surface area contributed by atoms with Crippen molar-refractivity contribution in [2.24, 2.45) is 0 Å². The number of hydrogen-bond donors (Lipinski definition) is 0. The topological polar surface area (TPSA) is 74.0 Å². The molecule has 3 heterocycles. The quantitative estimate of drug-likeness (QED) is 0.213. The van der Waals surface area contributed by atoms with Crippen LogP contribution in [0.1, 0.15) is 38.2 Å². The van der Waals surface area contributed by atoms with Gasteiger partial charge in [-0.25, -0.2) is 18.4 Å². The highest BCUT2D eigenvalue weighted by Crippen LogP contribution is 2.34. The summed E-state index contributed by atoms with van der Waals surface area (Å²) >= 11 is 12.3. The SMILES string of the molecule is CCC(C)n1ncn(-c2ccc(N3CCN(c4ccc(OC[C@@H]5CO[C@@H](c6ccc(Cl)cc6Cl)O5)cc4F)CC3)cc2)c1=O. The summed E-state index contributed by atoms with van der Waals surface area (Å²) < 4.78 is 35.8. The van der Waals surface area contributed by atoms with Gasteiger partial charge in [0.2, 0.25) is 0 Å². The van der Waals surface area contributed by atoms with E-state index in [2.05, 4.69) is 10.00 Å². The lowest BCUT2D eigenvalue weighted by Crippen LogP contribution is -2.46. The van der Waals surface area contributed by atoms with Crippen molar-refractivity contribution < 1.29 is 18.6 Å². The van der Waals surface area contributed by atoms with Gasteiger partial charge in [0.15, 0.2) is 6.29 Å². The van der Waals surface area contributed by atoms with E-state index in [1.54, 1.807) is 41.2 Å². The van der Waals surface area contributed by atoms with Gasteiger partial charge in [-0.1, -0.05) is 36.2 Å². The standard InChI is InChI=1S/C32H34Cl2FN5O4/c1-3-21(2)40-32(41)39(20-36-40)24-7-5-23(6-8-24)37-12-14-38(15-13-37)30-11-9-25(17-29(30)35)42-18-26-19-43-31(44-26)27-10-4-22(33)16-28(27)34/h4-11,16-17,20-21,26,31H,3,12-15,18-19H2,1-2H3/t21?,26-,31-/m1/s1. The molecule has 0 radical (unpaired) electrons. The average Bonchev–Trinajstić information content (AvgIpc) is 3.66. The number of nitrogens with zero attached hydrogens (tertiary/aromatic N) is 5. The van der Waals surface area contributed by atoms with E-state index in [0.29, 0.717) is 46.7 Å². The van der Waals surface area contributed by atoms with Crippen molar-refractivity contribution in [2.75, 3.05) is 49.2 Å². The first-order chi connectivity index (χ1) is 21.3. The zero-order valence-electron chi connectivity index (χ0n) is 24.5. The molecule has 2 aliphatic heterocycles. The Morgan fingerprint density at radius 3 is 2.43 bits per heavy atom. The first-order valence-electron chi connectivity index (χ1n) is 14.7. The summed E-state index contributed by atoms with van der Waals surface area (Å²) in [5.74, 6) is 0.0912. The third-order valence-electron chi connectivity index (χ3n) is 8.14. The molecule has 9 nitrogen and oxygen atoms in total. The van der Waals surface area contributed by atoms with Crippen molar-refractivity contribution in [3.05, 3.63) is 98.9 Å². The summed E-state index contributed by atoms with van der Waals surface area (Å²) in [6.07, 6.45) is 1.48. The minimum absolute atomic E-state index is 0.0458. The highest BCUT2D eigenvalue weighted by molar-refractivity contribution is 6.35. The van der Waals surface area contributed by atoms with Crippen molar-refractivity contribution in [1.82, 2.24) is 14.3 Å². The van der Waals surface area contributed by atoms with Gasteiger partial charge in [0.25, 0.3) is 0 Å². The molecule has 3 atom stereocenters. The minimum Gasteiger partial charge on any atom is -0.491 e. The second-order valence-electron chi connectivity index (χ2n) is 11.0. The molecular formula is C32H34Cl2FN5O4. The largest absolute Gasteiger partial charge is 0.491 e. The molecule has 1 aromatic heterocycles. The summed E-state index contributed by atoms with van der Waals surface area (Å²) in [7, 11) is 0. The zero-order valence-corrected chi connectivity index (χ0v) is 26.0. The maximum atomic E-state index is 15.2. The van der Waals surface area contributed by atoms with Crippen molar-refractivity contribution >= 4 is 34.6 Å². The molecule has 12 heteroatoms. The third kappa shape index (κ3) is 6.44. The molecule has 0 amide bonds. The number of ether oxygens (including phenoxy) is 3. The summed E-state index contributed by atoms with van der Waals surface area (Å²) in [6.45, 7) is 7.37. The van der Waals surface area contributed by atoms with Gasteiger partial charge >= 0.3 is 5.69 Å². The Balaban J connectivity index is 1.01. The normalized spacial score (nSPS) is 19.4. The molecule has 1 unspecified atom stereocenters. The van der Waals surface area contributed by atoms with E-state index in [4.69, 9.17) is 37.4 Å². The lowest BCUT2D eigenvalue weighted by Gasteiger charge is -2.37. The molecular weight excluding hydrogens is 608 g/mol. The summed E-state index contributed by atoms with van der Waals surface area (Å²) in [5.41, 5.74) is 2.93. The number of piperazine rings is 1. The fourth-order valence-corrected chi connectivity index (χ4v) is 5.91. The highest BCUT2D eigenvalue weighted by atomic mass is 35.5. The van der Waals surface area contributed by atoms with E-state index in [0.717, 1.165) is 30.9 Å². The molecule has 2 saturated heterocycles. The van der Waals surface area contributed by atoms with Crippen LogP contribution in [0.2, 0.25) is 10.0 Å². The van der Waals surface area contributed by atoms with Crippen molar-refractivity contribution in [1.29, 1.82) is 0 Å². The van der Waals surface area contributed by atoms with Crippen LogP contribution in [0.3, 0.4) is 0 Å². The predicted molar refractivity (Wildman–Crippen MR) is 169 cm³/mol. The Bertz CT molecular complexity index is 1660. The van der Waals surface area contributed by atoms with Crippen LogP contribution < -0.4 is 20.2 Å². The Hall–Kier alpha value is -3.57. The van der Waals surface area contributed by atoms with Gasteiger partial charge in [0.05, 0.1) is 29.0 Å². The molecule has 0 spiro atoms. The lowest BCUT2D eigenvalue weighted by molar-refractivity contribution is -0.0658. The van der Waals surface area contributed by atoms with Gasteiger partial charge in [-0.15, -0.1) is 0 Å². The summed E-state index contributed by atoms with van der Waals surface area (Å²) in [5, 5.41) is 5.28. The highest BCUT2D eigenvalue weighted by Gasteiger charge is 2.29. The van der Waals surface area contributed by atoms with Gasteiger partial charge in [-0.05, 0) is 61.9 Å². The molecule has 0 N–H and O–H groups in total. The molecule has 6 rings (SSSR count). The molecule has 2 aliphatic rings. The van der Waals surface area contributed by atoms with Gasteiger partial charge in [-0.2, -0.15) is 5.10 Å². The summed E-state index contributed by atoms with van der Waals surface area (Å²) in [4.78, 5) is 17.0. The first-order valence-corrected chi connectivity index (χ1v) is 15.5. The van der Waals surface area contributed by atoms with E-state index in [-0.39, 0.29) is 30.3 Å². The number of halogens is 3. The van der Waals surface area contributed by atoms with Crippen LogP contribution in [0.4, 0.5) is 15.8 Å². The minimum atomic E-state index is -0.603. The Labute approximate surface area is 265 Å². The zero-order chi connectivity index (χ0) is 30.8. The lowest BCUT2D eigenvalue weighted by atomic mass is 10.2. The van der Waals surface area contributed by atoms with Crippen LogP contribution in [-0.2, 0) is 9.47 Å². The second kappa shape index (κ2) is 13.2. The Kier molecular flexibility index (Phi) is 9.13.